The van der Waals surface area contributed by atoms with Crippen molar-refractivity contribution in [1.82, 2.24) is 9.61 Å². The van der Waals surface area contributed by atoms with Gasteiger partial charge in [0.2, 0.25) is 5.88 Å². The van der Waals surface area contributed by atoms with Gasteiger partial charge in [0.25, 0.3) is 0 Å². The third-order valence-electron chi connectivity index (χ3n) is 2.14. The van der Waals surface area contributed by atoms with E-state index in [1.165, 1.54) is 16.3 Å². The van der Waals surface area contributed by atoms with Crippen LogP contribution in [-0.2, 0) is 11.2 Å². The van der Waals surface area contributed by atoms with Gasteiger partial charge in [-0.05, 0) is 18.2 Å². The predicted octanol–water partition coefficient (Wildman–Crippen LogP) is 1.55. The number of carbonyl (C=O) groups is 1. The Labute approximate surface area is 95.7 Å². The summed E-state index contributed by atoms with van der Waals surface area (Å²) in [5.74, 6) is -1.12. The molecule has 0 saturated heterocycles. The summed E-state index contributed by atoms with van der Waals surface area (Å²) in [6, 6.07) is 5.12. The maximum Gasteiger partial charge on any atom is 0.308 e. The largest absolute Gasteiger partial charge is 0.493 e. The van der Waals surface area contributed by atoms with Gasteiger partial charge in [0.1, 0.15) is 5.03 Å². The highest BCUT2D eigenvalue weighted by atomic mass is 32.2. The first-order valence-electron chi connectivity index (χ1n) is 4.46. The average Bonchev–Trinajstić information content (AvgIpc) is 2.55. The second-order valence-electron chi connectivity index (χ2n) is 3.22. The molecular weight excluding hydrogens is 228 g/mol. The van der Waals surface area contributed by atoms with Crippen molar-refractivity contribution in [1.29, 1.82) is 0 Å². The van der Waals surface area contributed by atoms with Gasteiger partial charge in [-0.2, -0.15) is 9.61 Å². The molecule has 83 valence electrons. The molecule has 2 aromatic heterocycles. The molecule has 2 rings (SSSR count). The van der Waals surface area contributed by atoms with Gasteiger partial charge < -0.3 is 10.2 Å². The molecule has 1 radical (unpaired) electrons. The number of nitrogens with zero attached hydrogens (tertiary/aromatic N) is 2. The first kappa shape index (κ1) is 10.8. The summed E-state index contributed by atoms with van der Waals surface area (Å²) in [5, 5.41) is 23.2. The molecule has 2 aromatic rings. The number of carboxylic acid groups (broad SMARTS) is 1. The number of fused-ring (bicyclic) bond motifs is 1. The quantitative estimate of drug-likeness (QED) is 0.792. The topological polar surface area (TPSA) is 74.8 Å². The second-order valence-corrected chi connectivity index (χ2v) is 3.92. The van der Waals surface area contributed by atoms with Crippen molar-refractivity contribution in [2.75, 3.05) is 0 Å². The van der Waals surface area contributed by atoms with E-state index in [1.54, 1.807) is 18.2 Å². The van der Waals surface area contributed by atoms with E-state index >= 15 is 0 Å². The van der Waals surface area contributed by atoms with Crippen molar-refractivity contribution in [3.63, 3.8) is 0 Å². The van der Waals surface area contributed by atoms with Gasteiger partial charge in [-0.15, -0.1) is 11.8 Å². The molecule has 0 atom stereocenters. The van der Waals surface area contributed by atoms with Crippen molar-refractivity contribution < 1.29 is 15.0 Å². The van der Waals surface area contributed by atoms with Crippen LogP contribution in [0.15, 0.2) is 23.2 Å². The normalized spacial score (nSPS) is 10.8. The zero-order valence-corrected chi connectivity index (χ0v) is 9.07. The number of carboxylic acids is 1. The van der Waals surface area contributed by atoms with Crippen LogP contribution in [0.25, 0.3) is 5.52 Å². The van der Waals surface area contributed by atoms with Crippen molar-refractivity contribution in [2.45, 2.75) is 11.4 Å². The number of aromatic hydroxyl groups is 1. The highest BCUT2D eigenvalue weighted by molar-refractivity contribution is 8.00. The fourth-order valence-electron chi connectivity index (χ4n) is 1.44. The molecule has 0 saturated carbocycles. The van der Waals surface area contributed by atoms with Crippen molar-refractivity contribution >= 4 is 23.2 Å². The first-order chi connectivity index (χ1) is 7.61. The van der Waals surface area contributed by atoms with E-state index < -0.39 is 5.97 Å². The first-order valence-corrected chi connectivity index (χ1v) is 5.45. The third kappa shape index (κ3) is 1.83. The summed E-state index contributed by atoms with van der Waals surface area (Å²) < 4.78 is 1.31. The van der Waals surface area contributed by atoms with Crippen LogP contribution in [0.5, 0.6) is 5.88 Å². The van der Waals surface area contributed by atoms with Crippen LogP contribution in [-0.4, -0.2) is 25.8 Å². The van der Waals surface area contributed by atoms with Gasteiger partial charge in [-0.3, -0.25) is 4.79 Å². The molecule has 2 heterocycles. The van der Waals surface area contributed by atoms with Crippen LogP contribution < -0.4 is 0 Å². The van der Waals surface area contributed by atoms with Crippen LogP contribution in [0.4, 0.5) is 0 Å². The summed E-state index contributed by atoms with van der Waals surface area (Å²) in [5.41, 5.74) is 1.01. The van der Waals surface area contributed by atoms with E-state index in [0.29, 0.717) is 16.1 Å². The zero-order chi connectivity index (χ0) is 11.7. The van der Waals surface area contributed by atoms with E-state index in [0.717, 1.165) is 0 Å². The Balaban J connectivity index is 2.54. The molecule has 0 aliphatic carbocycles. The minimum Gasteiger partial charge on any atom is -0.493 e. The SMILES string of the molecule is [CH2]Sc1ccc2cc(CC(=O)O)c(O)n2n1. The third-order valence-corrected chi connectivity index (χ3v) is 2.65. The number of hydrogen-bond donors (Lipinski definition) is 2. The molecule has 0 fully saturated rings. The number of rotatable bonds is 3. The highest BCUT2D eigenvalue weighted by Crippen LogP contribution is 2.24. The Hall–Kier alpha value is -1.69. The summed E-state index contributed by atoms with van der Waals surface area (Å²) >= 11 is 1.21. The Morgan fingerprint density at radius 2 is 2.31 bits per heavy atom. The lowest BCUT2D eigenvalue weighted by atomic mass is 10.2. The lowest BCUT2D eigenvalue weighted by Crippen LogP contribution is -1.99. The van der Waals surface area contributed by atoms with E-state index in [2.05, 4.69) is 11.4 Å². The Morgan fingerprint density at radius 1 is 1.56 bits per heavy atom. The predicted molar refractivity (Wildman–Crippen MR) is 59.4 cm³/mol. The standard InChI is InChI=1S/C10H9N2O3S/c1-16-8-3-2-7-4-6(5-9(13)14)10(15)12(7)11-8/h2-4,15H,1,5H2,(H,13,14). The van der Waals surface area contributed by atoms with Gasteiger partial charge in [-0.1, -0.05) is 0 Å². The number of aliphatic carboxylic acids is 1. The van der Waals surface area contributed by atoms with Crippen LogP contribution in [0.2, 0.25) is 0 Å². The molecule has 6 heteroatoms. The van der Waals surface area contributed by atoms with E-state index in [-0.39, 0.29) is 12.3 Å². The maximum atomic E-state index is 10.6. The lowest BCUT2D eigenvalue weighted by Gasteiger charge is -1.98. The Morgan fingerprint density at radius 3 is 2.94 bits per heavy atom. The second kappa shape index (κ2) is 4.05. The molecule has 0 amide bonds. The summed E-state index contributed by atoms with van der Waals surface area (Å²) in [6.45, 7) is 0. The lowest BCUT2D eigenvalue weighted by molar-refractivity contribution is -0.136. The molecule has 5 nitrogen and oxygen atoms in total. The number of aromatic nitrogens is 2. The molecule has 0 unspecified atom stereocenters. The van der Waals surface area contributed by atoms with Crippen molar-refractivity contribution in [2.24, 2.45) is 0 Å². The highest BCUT2D eigenvalue weighted by Gasteiger charge is 2.13. The van der Waals surface area contributed by atoms with Gasteiger partial charge in [0, 0.05) is 11.8 Å². The number of thioether (sulfide) groups is 1. The molecule has 0 spiro atoms. The Kier molecular flexibility index (Phi) is 2.74. The van der Waals surface area contributed by atoms with Crippen molar-refractivity contribution in [3.8, 4) is 5.88 Å². The molecule has 0 aliphatic heterocycles. The molecule has 2 N–H and O–H groups in total. The molecule has 0 aliphatic rings. The van der Waals surface area contributed by atoms with Gasteiger partial charge in [0.15, 0.2) is 0 Å². The minimum atomic E-state index is -0.988. The molecule has 0 bridgehead atoms. The summed E-state index contributed by atoms with van der Waals surface area (Å²) in [4.78, 5) is 10.6. The summed E-state index contributed by atoms with van der Waals surface area (Å²) in [6.07, 6.45) is 3.39. The van der Waals surface area contributed by atoms with Crippen molar-refractivity contribution in [3.05, 3.63) is 30.0 Å². The van der Waals surface area contributed by atoms with Crippen LogP contribution in [0.3, 0.4) is 0 Å². The van der Waals surface area contributed by atoms with E-state index in [1.807, 2.05) is 0 Å². The summed E-state index contributed by atoms with van der Waals surface area (Å²) in [7, 11) is 0. The van der Waals surface area contributed by atoms with E-state index in [4.69, 9.17) is 5.11 Å². The molecular formula is C10H9N2O3S. The van der Waals surface area contributed by atoms with Crippen LogP contribution in [0, 0.1) is 6.26 Å². The van der Waals surface area contributed by atoms with Gasteiger partial charge in [0.05, 0.1) is 11.9 Å². The van der Waals surface area contributed by atoms with E-state index in [9.17, 15) is 9.90 Å². The fraction of sp³-hybridized carbons (Fsp3) is 0.100. The fourth-order valence-corrected chi connectivity index (χ4v) is 1.75. The Bertz CT molecular complexity index is 550. The van der Waals surface area contributed by atoms with Gasteiger partial charge in [-0.25, -0.2) is 0 Å². The monoisotopic (exact) mass is 237 g/mol. The molecule has 0 aromatic carbocycles. The van der Waals surface area contributed by atoms with Crippen LogP contribution >= 0.6 is 11.8 Å². The molecule has 16 heavy (non-hydrogen) atoms. The smallest absolute Gasteiger partial charge is 0.308 e. The minimum absolute atomic E-state index is 0.131. The van der Waals surface area contributed by atoms with Gasteiger partial charge >= 0.3 is 5.97 Å². The maximum absolute atomic E-state index is 10.6. The number of hydrogen-bond acceptors (Lipinski definition) is 4. The zero-order valence-electron chi connectivity index (χ0n) is 8.25. The van der Waals surface area contributed by atoms with Crippen LogP contribution in [0.1, 0.15) is 5.56 Å². The average molecular weight is 237 g/mol.